The molecule has 1 aliphatic rings. The zero-order chi connectivity index (χ0) is 18.8. The molecule has 1 aromatic carbocycles. The Hall–Kier alpha value is -2.70. The van der Waals surface area contributed by atoms with Crippen LogP contribution in [0.1, 0.15) is 16.8 Å². The smallest absolute Gasteiger partial charge is 0.264 e. The number of halogens is 1. The van der Waals surface area contributed by atoms with Crippen molar-refractivity contribution < 1.29 is 4.79 Å². The Bertz CT molecular complexity index is 1090. The van der Waals surface area contributed by atoms with Crippen molar-refractivity contribution in [3.05, 3.63) is 75.4 Å². The van der Waals surface area contributed by atoms with Crippen molar-refractivity contribution in [3.63, 3.8) is 0 Å². The van der Waals surface area contributed by atoms with Crippen LogP contribution in [0.2, 0.25) is 5.02 Å². The largest absolute Gasteiger partial charge is 0.301 e. The number of aryl methyl sites for hydroxylation is 1. The molecule has 0 radical (unpaired) electrons. The molecule has 27 heavy (non-hydrogen) atoms. The molecule has 134 valence electrons. The predicted octanol–water partition coefficient (Wildman–Crippen LogP) is 4.35. The zero-order valence-electron chi connectivity index (χ0n) is 14.4. The second-order valence-corrected chi connectivity index (χ2v) is 7.44. The summed E-state index contributed by atoms with van der Waals surface area (Å²) in [6.45, 7) is 2.41. The summed E-state index contributed by atoms with van der Waals surface area (Å²) in [5, 5.41) is 4.04. The minimum absolute atomic E-state index is 0.178. The van der Waals surface area contributed by atoms with E-state index in [1.807, 2.05) is 49.4 Å². The van der Waals surface area contributed by atoms with E-state index in [1.165, 1.54) is 11.8 Å². The molecule has 5 nitrogen and oxygen atoms in total. The molecule has 2 aromatic heterocycles. The highest BCUT2D eigenvalue weighted by molar-refractivity contribution is 8.18. The van der Waals surface area contributed by atoms with Gasteiger partial charge in [-0.05, 0) is 66.2 Å². The first-order valence-corrected chi connectivity index (χ1v) is 9.51. The summed E-state index contributed by atoms with van der Waals surface area (Å²) >= 11 is 7.54. The molecular weight excluding hydrogens is 380 g/mol. The molecule has 1 fully saturated rings. The van der Waals surface area contributed by atoms with Gasteiger partial charge in [0.2, 0.25) is 0 Å². The number of nitrogens with zero attached hydrogens (tertiary/aromatic N) is 3. The molecule has 0 bridgehead atoms. The van der Waals surface area contributed by atoms with Crippen LogP contribution >= 0.6 is 23.4 Å². The predicted molar refractivity (Wildman–Crippen MR) is 111 cm³/mol. The van der Waals surface area contributed by atoms with Gasteiger partial charge in [0.25, 0.3) is 5.91 Å². The van der Waals surface area contributed by atoms with Crippen LogP contribution < -0.4 is 5.32 Å². The van der Waals surface area contributed by atoms with Crippen molar-refractivity contribution in [3.8, 4) is 0 Å². The minimum atomic E-state index is -0.178. The summed E-state index contributed by atoms with van der Waals surface area (Å²) in [6.07, 6.45) is 3.49. The van der Waals surface area contributed by atoms with Gasteiger partial charge in [-0.2, -0.15) is 0 Å². The third-order valence-corrected chi connectivity index (χ3v) is 5.44. The number of carbonyl (C=O) groups is 1. The number of benzene rings is 1. The van der Waals surface area contributed by atoms with Crippen LogP contribution in [0.25, 0.3) is 17.1 Å². The van der Waals surface area contributed by atoms with Gasteiger partial charge in [-0.15, -0.1) is 0 Å². The van der Waals surface area contributed by atoms with Gasteiger partial charge < -0.3 is 5.32 Å². The topological polar surface area (TPSA) is 67.2 Å². The number of rotatable bonds is 3. The van der Waals surface area contributed by atoms with E-state index in [-0.39, 0.29) is 5.91 Å². The molecule has 1 aliphatic heterocycles. The van der Waals surface area contributed by atoms with Crippen molar-refractivity contribution in [2.45, 2.75) is 13.5 Å². The van der Waals surface area contributed by atoms with Crippen LogP contribution in [-0.4, -0.2) is 21.0 Å². The molecule has 0 saturated carbocycles. The molecule has 1 N–H and O–H groups in total. The second kappa shape index (κ2) is 7.50. The highest BCUT2D eigenvalue weighted by Gasteiger charge is 2.24. The highest BCUT2D eigenvalue weighted by Crippen LogP contribution is 2.27. The molecule has 0 aliphatic carbocycles. The number of amidine groups is 1. The summed E-state index contributed by atoms with van der Waals surface area (Å²) < 4.78 is 0. The fourth-order valence-electron chi connectivity index (χ4n) is 2.71. The van der Waals surface area contributed by atoms with Gasteiger partial charge in [0.15, 0.2) is 5.17 Å². The van der Waals surface area contributed by atoms with Gasteiger partial charge in [-0.3, -0.25) is 14.8 Å². The van der Waals surface area contributed by atoms with Crippen molar-refractivity contribution in [2.75, 3.05) is 0 Å². The van der Waals surface area contributed by atoms with Gasteiger partial charge in [-0.1, -0.05) is 23.7 Å². The summed E-state index contributed by atoms with van der Waals surface area (Å²) in [5.74, 6) is -0.178. The lowest BCUT2D eigenvalue weighted by Gasteiger charge is -2.05. The Kier molecular flexibility index (Phi) is 4.92. The number of amides is 1. The van der Waals surface area contributed by atoms with Crippen LogP contribution in [0.3, 0.4) is 0 Å². The van der Waals surface area contributed by atoms with Crippen molar-refractivity contribution >= 4 is 51.5 Å². The quantitative estimate of drug-likeness (QED) is 0.670. The van der Waals surface area contributed by atoms with E-state index in [0.717, 1.165) is 22.2 Å². The van der Waals surface area contributed by atoms with E-state index in [1.54, 1.807) is 12.3 Å². The second-order valence-electron chi connectivity index (χ2n) is 6.00. The number of fused-ring (bicyclic) bond motifs is 1. The molecule has 0 spiro atoms. The van der Waals surface area contributed by atoms with Gasteiger partial charge in [0, 0.05) is 11.2 Å². The van der Waals surface area contributed by atoms with Gasteiger partial charge in [-0.25, -0.2) is 4.98 Å². The summed E-state index contributed by atoms with van der Waals surface area (Å²) in [4.78, 5) is 26.1. The van der Waals surface area contributed by atoms with E-state index in [2.05, 4.69) is 20.3 Å². The van der Waals surface area contributed by atoms with E-state index < -0.39 is 0 Å². The first-order valence-electron chi connectivity index (χ1n) is 8.31. The molecule has 1 amide bonds. The van der Waals surface area contributed by atoms with Crippen LogP contribution in [0, 0.1) is 6.92 Å². The maximum absolute atomic E-state index is 12.3. The fraction of sp³-hybridized carbons (Fsp3) is 0.100. The highest BCUT2D eigenvalue weighted by atomic mass is 35.5. The van der Waals surface area contributed by atoms with Gasteiger partial charge in [0.05, 0.1) is 28.2 Å². The lowest BCUT2D eigenvalue weighted by atomic mass is 10.1. The van der Waals surface area contributed by atoms with E-state index in [0.29, 0.717) is 27.3 Å². The fourth-order valence-corrected chi connectivity index (χ4v) is 3.79. The average Bonchev–Trinajstić information content (AvgIpc) is 3.00. The van der Waals surface area contributed by atoms with E-state index in [4.69, 9.17) is 11.6 Å². The lowest BCUT2D eigenvalue weighted by molar-refractivity contribution is -0.115. The number of aliphatic imine (C=N–C) groups is 1. The number of carbonyl (C=O) groups excluding carboxylic acids is 1. The first kappa shape index (κ1) is 17.7. The van der Waals surface area contributed by atoms with Crippen molar-refractivity contribution in [1.29, 1.82) is 0 Å². The Morgan fingerprint density at radius 3 is 2.93 bits per heavy atom. The molecule has 0 unspecified atom stereocenters. The number of hydrogen-bond acceptors (Lipinski definition) is 5. The number of thioether (sulfide) groups is 1. The molecular formula is C20H15ClN4OS. The SMILES string of the molecule is Cc1cccc(Cl)c1CN=C1NC(=O)/C(=C/c2ccc3ncccc3n2)S1. The molecule has 1 saturated heterocycles. The summed E-state index contributed by atoms with van der Waals surface area (Å²) in [7, 11) is 0. The Balaban J connectivity index is 1.55. The van der Waals surface area contributed by atoms with Crippen molar-refractivity contribution in [2.24, 2.45) is 4.99 Å². The zero-order valence-corrected chi connectivity index (χ0v) is 16.0. The minimum Gasteiger partial charge on any atom is -0.301 e. The number of hydrogen-bond donors (Lipinski definition) is 1. The van der Waals surface area contributed by atoms with E-state index in [9.17, 15) is 4.79 Å². The van der Waals surface area contributed by atoms with Crippen LogP contribution in [0.4, 0.5) is 0 Å². The van der Waals surface area contributed by atoms with Gasteiger partial charge in [0.1, 0.15) is 0 Å². The maximum Gasteiger partial charge on any atom is 0.264 e. The Labute approximate surface area is 165 Å². The standard InChI is InChI=1S/C20H15ClN4OS/c1-12-4-2-5-15(21)14(12)11-23-20-25-19(26)18(27-20)10-13-7-8-16-17(24-13)6-3-9-22-16/h2-10H,11H2,1H3,(H,23,25,26)/b18-10-. The average molecular weight is 395 g/mol. The van der Waals surface area contributed by atoms with Crippen LogP contribution in [0.15, 0.2) is 58.6 Å². The third kappa shape index (κ3) is 3.86. The lowest BCUT2D eigenvalue weighted by Crippen LogP contribution is -2.19. The van der Waals surface area contributed by atoms with Gasteiger partial charge >= 0.3 is 0 Å². The number of nitrogens with one attached hydrogen (secondary N) is 1. The molecule has 0 atom stereocenters. The third-order valence-electron chi connectivity index (χ3n) is 4.14. The van der Waals surface area contributed by atoms with Crippen LogP contribution in [-0.2, 0) is 11.3 Å². The molecule has 7 heteroatoms. The number of pyridine rings is 2. The Morgan fingerprint density at radius 1 is 1.19 bits per heavy atom. The summed E-state index contributed by atoms with van der Waals surface area (Å²) in [6, 6.07) is 13.2. The molecule has 3 aromatic rings. The Morgan fingerprint density at radius 2 is 2.07 bits per heavy atom. The summed E-state index contributed by atoms with van der Waals surface area (Å²) in [5.41, 5.74) is 4.35. The van der Waals surface area contributed by atoms with E-state index >= 15 is 0 Å². The van der Waals surface area contributed by atoms with Crippen LogP contribution in [0.5, 0.6) is 0 Å². The molecule has 4 rings (SSSR count). The normalized spacial score (nSPS) is 17.0. The monoisotopic (exact) mass is 394 g/mol. The van der Waals surface area contributed by atoms with Crippen molar-refractivity contribution in [1.82, 2.24) is 15.3 Å². The molecule has 3 heterocycles. The number of aromatic nitrogens is 2. The first-order chi connectivity index (χ1) is 13.1. The maximum atomic E-state index is 12.3.